The van der Waals surface area contributed by atoms with Crippen LogP contribution >= 0.6 is 23.2 Å². The first-order chi connectivity index (χ1) is 12.3. The van der Waals surface area contributed by atoms with E-state index in [1.807, 2.05) is 24.3 Å². The molecular formula is C18H20Cl2N2O3S. The molecule has 0 amide bonds. The second kappa shape index (κ2) is 7.64. The van der Waals surface area contributed by atoms with Crippen LogP contribution in [0.2, 0.25) is 10.0 Å². The molecule has 0 saturated carbocycles. The summed E-state index contributed by atoms with van der Waals surface area (Å²) < 4.78 is 33.1. The van der Waals surface area contributed by atoms with Crippen LogP contribution in [0.25, 0.3) is 0 Å². The Balaban J connectivity index is 1.83. The predicted molar refractivity (Wildman–Crippen MR) is 105 cm³/mol. The lowest BCUT2D eigenvalue weighted by Crippen LogP contribution is -2.46. The maximum atomic E-state index is 12.9. The molecule has 1 aliphatic heterocycles. The smallest absolute Gasteiger partial charge is 0.245 e. The van der Waals surface area contributed by atoms with Gasteiger partial charge >= 0.3 is 0 Å². The van der Waals surface area contributed by atoms with E-state index < -0.39 is 10.0 Å². The number of para-hydroxylation sites is 2. The van der Waals surface area contributed by atoms with Crippen LogP contribution < -0.4 is 9.64 Å². The second-order valence-electron chi connectivity index (χ2n) is 6.08. The van der Waals surface area contributed by atoms with Crippen molar-refractivity contribution in [3.63, 3.8) is 0 Å². The molecule has 140 valence electrons. The third kappa shape index (κ3) is 3.64. The summed E-state index contributed by atoms with van der Waals surface area (Å²) >= 11 is 12.2. The van der Waals surface area contributed by atoms with Crippen LogP contribution in [0.3, 0.4) is 0 Å². The molecule has 0 aliphatic carbocycles. The first kappa shape index (κ1) is 19.3. The Hall–Kier alpha value is -1.47. The molecule has 3 rings (SSSR count). The second-order valence-corrected chi connectivity index (χ2v) is 8.88. The molecule has 1 atom stereocenters. The molecule has 8 heteroatoms. The summed E-state index contributed by atoms with van der Waals surface area (Å²) in [5, 5.41) is 0.212. The van der Waals surface area contributed by atoms with E-state index in [1.54, 1.807) is 6.07 Å². The Morgan fingerprint density at radius 1 is 1.15 bits per heavy atom. The fraction of sp³-hybridized carbons (Fsp3) is 0.333. The molecule has 1 heterocycles. The average molecular weight is 415 g/mol. The van der Waals surface area contributed by atoms with E-state index in [4.69, 9.17) is 27.9 Å². The van der Waals surface area contributed by atoms with Crippen LogP contribution in [0.1, 0.15) is 6.92 Å². The van der Waals surface area contributed by atoms with Gasteiger partial charge in [-0.1, -0.05) is 41.4 Å². The summed E-state index contributed by atoms with van der Waals surface area (Å²) in [7, 11) is -2.32. The summed E-state index contributed by atoms with van der Waals surface area (Å²) in [4.78, 5) is 2.10. The van der Waals surface area contributed by atoms with Crippen LogP contribution in [0.5, 0.6) is 5.75 Å². The van der Waals surface area contributed by atoms with E-state index >= 15 is 0 Å². The minimum atomic E-state index is -3.83. The van der Waals surface area contributed by atoms with Gasteiger partial charge in [0.25, 0.3) is 0 Å². The zero-order valence-corrected chi connectivity index (χ0v) is 16.9. The summed E-state index contributed by atoms with van der Waals surface area (Å²) in [6, 6.07) is 12.4. The molecule has 0 radical (unpaired) electrons. The van der Waals surface area contributed by atoms with Gasteiger partial charge in [0, 0.05) is 13.6 Å². The Kier molecular flexibility index (Phi) is 5.67. The van der Waals surface area contributed by atoms with Crippen molar-refractivity contribution in [3.05, 3.63) is 52.5 Å². The number of benzene rings is 2. The van der Waals surface area contributed by atoms with E-state index in [-0.39, 0.29) is 27.6 Å². The molecular weight excluding hydrogens is 395 g/mol. The van der Waals surface area contributed by atoms with Crippen LogP contribution in [0.15, 0.2) is 47.4 Å². The molecule has 2 aromatic carbocycles. The molecule has 0 saturated heterocycles. The average Bonchev–Trinajstić information content (AvgIpc) is 2.60. The predicted octanol–water partition coefficient (Wildman–Crippen LogP) is 3.90. The van der Waals surface area contributed by atoms with Crippen LogP contribution in [-0.2, 0) is 10.0 Å². The highest BCUT2D eigenvalue weighted by molar-refractivity contribution is 7.89. The monoisotopic (exact) mass is 414 g/mol. The molecule has 5 nitrogen and oxygen atoms in total. The minimum absolute atomic E-state index is 0.0746. The van der Waals surface area contributed by atoms with Gasteiger partial charge in [0.2, 0.25) is 10.0 Å². The van der Waals surface area contributed by atoms with Crippen LogP contribution in [0.4, 0.5) is 5.69 Å². The maximum absolute atomic E-state index is 12.9. The van der Waals surface area contributed by atoms with Gasteiger partial charge < -0.3 is 9.64 Å². The number of hydrogen-bond acceptors (Lipinski definition) is 4. The van der Waals surface area contributed by atoms with Crippen molar-refractivity contribution in [2.45, 2.75) is 17.9 Å². The van der Waals surface area contributed by atoms with Crippen LogP contribution in [0, 0.1) is 0 Å². The minimum Gasteiger partial charge on any atom is -0.485 e. The van der Waals surface area contributed by atoms with Crippen molar-refractivity contribution in [3.8, 4) is 5.75 Å². The zero-order chi connectivity index (χ0) is 18.9. The van der Waals surface area contributed by atoms with E-state index in [0.29, 0.717) is 6.54 Å². The van der Waals surface area contributed by atoms with Crippen LogP contribution in [-0.4, -0.2) is 45.5 Å². The van der Waals surface area contributed by atoms with Gasteiger partial charge in [0.15, 0.2) is 0 Å². The standard InChI is InChI=1S/C18H20Cl2N2O3S/c1-3-22-12-13(25-17-10-5-4-9-16(17)22)11-21(2)26(23,24)18-14(19)7-6-8-15(18)20/h4-10,13H,3,11-12H2,1-2H3/t13-/m0/s1. The van der Waals surface area contributed by atoms with Crippen molar-refractivity contribution in [1.29, 1.82) is 0 Å². The Labute approximate surface area is 164 Å². The Bertz CT molecular complexity index is 885. The van der Waals surface area contributed by atoms with Gasteiger partial charge in [0.1, 0.15) is 16.7 Å². The molecule has 1 aliphatic rings. The first-order valence-electron chi connectivity index (χ1n) is 8.25. The number of halogens is 2. The van der Waals surface area contributed by atoms with Gasteiger partial charge in [-0.3, -0.25) is 0 Å². The molecule has 0 N–H and O–H groups in total. The molecule has 0 aromatic heterocycles. The van der Waals surface area contributed by atoms with Gasteiger partial charge in [-0.25, -0.2) is 8.42 Å². The maximum Gasteiger partial charge on any atom is 0.245 e. The Morgan fingerprint density at radius 3 is 2.46 bits per heavy atom. The van der Waals surface area contributed by atoms with E-state index in [9.17, 15) is 8.42 Å². The number of rotatable bonds is 5. The fourth-order valence-electron chi connectivity index (χ4n) is 3.04. The van der Waals surface area contributed by atoms with E-state index in [1.165, 1.54) is 23.5 Å². The lowest BCUT2D eigenvalue weighted by atomic mass is 10.2. The molecule has 0 spiro atoms. The quantitative estimate of drug-likeness (QED) is 0.743. The largest absolute Gasteiger partial charge is 0.485 e. The van der Waals surface area contributed by atoms with Crippen molar-refractivity contribution < 1.29 is 13.2 Å². The highest BCUT2D eigenvalue weighted by Crippen LogP contribution is 2.34. The van der Waals surface area contributed by atoms with Gasteiger partial charge in [-0.15, -0.1) is 0 Å². The summed E-state index contributed by atoms with van der Waals surface area (Å²) in [6.07, 6.45) is -0.300. The number of nitrogens with zero attached hydrogens (tertiary/aromatic N) is 2. The topological polar surface area (TPSA) is 49.9 Å². The van der Waals surface area contributed by atoms with Crippen molar-refractivity contribution in [2.24, 2.45) is 0 Å². The third-order valence-corrected chi connectivity index (χ3v) is 7.13. The normalized spacial score (nSPS) is 17.1. The molecule has 26 heavy (non-hydrogen) atoms. The summed E-state index contributed by atoms with van der Waals surface area (Å²) in [6.45, 7) is 3.66. The van der Waals surface area contributed by atoms with Crippen molar-refractivity contribution in [2.75, 3.05) is 31.6 Å². The highest BCUT2D eigenvalue weighted by atomic mass is 35.5. The number of hydrogen-bond donors (Lipinski definition) is 0. The number of fused-ring (bicyclic) bond motifs is 1. The van der Waals surface area contributed by atoms with Gasteiger partial charge in [0.05, 0.1) is 28.8 Å². The van der Waals surface area contributed by atoms with Crippen molar-refractivity contribution >= 4 is 38.9 Å². The molecule has 0 unspecified atom stereocenters. The SMILES string of the molecule is CCN1C[C@H](CN(C)S(=O)(=O)c2c(Cl)cccc2Cl)Oc2ccccc21. The Morgan fingerprint density at radius 2 is 1.81 bits per heavy atom. The number of ether oxygens (including phenoxy) is 1. The van der Waals surface area contributed by atoms with E-state index in [0.717, 1.165) is 18.0 Å². The van der Waals surface area contributed by atoms with Crippen molar-refractivity contribution in [1.82, 2.24) is 4.31 Å². The lowest BCUT2D eigenvalue weighted by molar-refractivity contribution is 0.171. The summed E-state index contributed by atoms with van der Waals surface area (Å²) in [5.41, 5.74) is 1.02. The van der Waals surface area contributed by atoms with Gasteiger partial charge in [-0.05, 0) is 31.2 Å². The molecule has 0 fully saturated rings. The summed E-state index contributed by atoms with van der Waals surface area (Å²) in [5.74, 6) is 0.757. The first-order valence-corrected chi connectivity index (χ1v) is 10.4. The highest BCUT2D eigenvalue weighted by Gasteiger charge is 2.31. The number of sulfonamides is 1. The molecule has 0 bridgehead atoms. The lowest BCUT2D eigenvalue weighted by Gasteiger charge is -2.37. The molecule has 2 aromatic rings. The van der Waals surface area contributed by atoms with E-state index in [2.05, 4.69) is 11.8 Å². The zero-order valence-electron chi connectivity index (χ0n) is 14.5. The van der Waals surface area contributed by atoms with Gasteiger partial charge in [-0.2, -0.15) is 4.31 Å². The number of anilines is 1. The third-order valence-electron chi connectivity index (χ3n) is 4.35. The number of likely N-dealkylation sites (N-methyl/N-ethyl adjacent to an activating group) is 2. The fourth-order valence-corrected chi connectivity index (χ4v) is 5.33.